The van der Waals surface area contributed by atoms with Gasteiger partial charge in [0.25, 0.3) is 5.56 Å². The lowest BCUT2D eigenvalue weighted by molar-refractivity contribution is -0.116. The number of hydrogen-bond acceptors (Lipinski definition) is 4. The van der Waals surface area contributed by atoms with E-state index in [1.165, 1.54) is 5.56 Å². The number of rotatable bonds is 4. The van der Waals surface area contributed by atoms with Crippen LogP contribution in [0, 0.1) is 0 Å². The standard InChI is InChI=1S/C20H25N3O2S/c1-5-13-6-8-14(9-7-13)21-17(24)10-15-12-26-19-22-16(20(2,3)4)11-18(25)23(15)19/h6-9,11,15H,5,10,12H2,1-4H3,(H,21,24). The first-order valence-corrected chi connectivity index (χ1v) is 9.92. The topological polar surface area (TPSA) is 64.0 Å². The molecule has 1 aliphatic heterocycles. The van der Waals surface area contributed by atoms with Gasteiger partial charge >= 0.3 is 0 Å². The van der Waals surface area contributed by atoms with E-state index in [0.29, 0.717) is 10.9 Å². The van der Waals surface area contributed by atoms with Crippen molar-refractivity contribution in [3.05, 3.63) is 51.9 Å². The Kier molecular flexibility index (Phi) is 5.23. The second-order valence-corrected chi connectivity index (χ2v) is 8.64. The van der Waals surface area contributed by atoms with Gasteiger partial charge in [-0.05, 0) is 24.1 Å². The van der Waals surface area contributed by atoms with E-state index in [-0.39, 0.29) is 29.3 Å². The summed E-state index contributed by atoms with van der Waals surface area (Å²) in [6.45, 7) is 8.22. The SMILES string of the molecule is CCc1ccc(NC(=O)CC2CSc3nc(C(C)(C)C)cc(=O)n32)cc1. The maximum absolute atomic E-state index is 12.6. The molecular formula is C20H25N3O2S. The molecule has 1 N–H and O–H groups in total. The molecule has 1 aromatic heterocycles. The molecule has 0 saturated heterocycles. The number of anilines is 1. The van der Waals surface area contributed by atoms with Gasteiger partial charge in [0.15, 0.2) is 5.16 Å². The number of fused-ring (bicyclic) bond motifs is 1. The number of aryl methyl sites for hydroxylation is 1. The van der Waals surface area contributed by atoms with Gasteiger partial charge in [-0.25, -0.2) is 4.98 Å². The molecular weight excluding hydrogens is 346 g/mol. The molecule has 2 aromatic rings. The molecule has 1 unspecified atom stereocenters. The first-order valence-electron chi connectivity index (χ1n) is 8.93. The van der Waals surface area contributed by atoms with Gasteiger partial charge in [0.1, 0.15) is 0 Å². The van der Waals surface area contributed by atoms with Crippen molar-refractivity contribution in [3.8, 4) is 0 Å². The van der Waals surface area contributed by atoms with Gasteiger partial charge < -0.3 is 5.32 Å². The van der Waals surface area contributed by atoms with Crippen molar-refractivity contribution in [2.24, 2.45) is 0 Å². The molecule has 0 radical (unpaired) electrons. The van der Waals surface area contributed by atoms with Crippen LogP contribution in [0.15, 0.2) is 40.3 Å². The monoisotopic (exact) mass is 371 g/mol. The summed E-state index contributed by atoms with van der Waals surface area (Å²) in [4.78, 5) is 29.6. The van der Waals surface area contributed by atoms with E-state index in [9.17, 15) is 9.59 Å². The van der Waals surface area contributed by atoms with Crippen LogP contribution in [-0.2, 0) is 16.6 Å². The lowest BCUT2D eigenvalue weighted by Crippen LogP contribution is -2.29. The summed E-state index contributed by atoms with van der Waals surface area (Å²) >= 11 is 1.55. The molecule has 1 amide bonds. The third-order valence-electron chi connectivity index (χ3n) is 4.53. The third-order valence-corrected chi connectivity index (χ3v) is 5.62. The van der Waals surface area contributed by atoms with Crippen molar-refractivity contribution in [1.82, 2.24) is 9.55 Å². The quantitative estimate of drug-likeness (QED) is 0.831. The normalized spacial score (nSPS) is 16.4. The molecule has 5 nitrogen and oxygen atoms in total. The summed E-state index contributed by atoms with van der Waals surface area (Å²) in [6.07, 6.45) is 1.24. The van der Waals surface area contributed by atoms with Gasteiger partial charge in [0.2, 0.25) is 5.91 Å². The second kappa shape index (κ2) is 7.27. The Morgan fingerprint density at radius 3 is 2.62 bits per heavy atom. The maximum Gasteiger partial charge on any atom is 0.254 e. The largest absolute Gasteiger partial charge is 0.326 e. The summed E-state index contributed by atoms with van der Waals surface area (Å²) in [6, 6.07) is 9.30. The smallest absolute Gasteiger partial charge is 0.254 e. The summed E-state index contributed by atoms with van der Waals surface area (Å²) in [7, 11) is 0. The van der Waals surface area contributed by atoms with Crippen LogP contribution in [0.25, 0.3) is 0 Å². The number of aromatic nitrogens is 2. The number of thioether (sulfide) groups is 1. The molecule has 6 heteroatoms. The molecule has 3 rings (SSSR count). The fraction of sp³-hybridized carbons (Fsp3) is 0.450. The zero-order valence-corrected chi connectivity index (χ0v) is 16.5. The van der Waals surface area contributed by atoms with Crippen LogP contribution in [0.3, 0.4) is 0 Å². The van der Waals surface area contributed by atoms with E-state index >= 15 is 0 Å². The third kappa shape index (κ3) is 4.01. The number of nitrogens with zero attached hydrogens (tertiary/aromatic N) is 2. The highest BCUT2D eigenvalue weighted by atomic mass is 32.2. The van der Waals surface area contributed by atoms with E-state index in [4.69, 9.17) is 0 Å². The molecule has 0 spiro atoms. The Hall–Kier alpha value is -2.08. The Labute approximate surface area is 158 Å². The maximum atomic E-state index is 12.6. The van der Waals surface area contributed by atoms with Gasteiger partial charge in [0, 0.05) is 29.3 Å². The molecule has 0 saturated carbocycles. The van der Waals surface area contributed by atoms with Crippen LogP contribution >= 0.6 is 11.8 Å². The fourth-order valence-corrected chi connectivity index (χ4v) is 4.09. The molecule has 1 aliphatic rings. The average molecular weight is 372 g/mol. The van der Waals surface area contributed by atoms with E-state index in [1.807, 2.05) is 45.0 Å². The van der Waals surface area contributed by atoms with E-state index in [0.717, 1.165) is 17.8 Å². The van der Waals surface area contributed by atoms with Crippen molar-refractivity contribution in [2.45, 2.75) is 57.1 Å². The highest BCUT2D eigenvalue weighted by molar-refractivity contribution is 7.99. The van der Waals surface area contributed by atoms with Gasteiger partial charge in [0.05, 0.1) is 11.7 Å². The Balaban J connectivity index is 1.73. The Morgan fingerprint density at radius 1 is 1.31 bits per heavy atom. The molecule has 1 atom stereocenters. The Morgan fingerprint density at radius 2 is 2.00 bits per heavy atom. The zero-order chi connectivity index (χ0) is 18.9. The first-order chi connectivity index (χ1) is 12.3. The van der Waals surface area contributed by atoms with Crippen LogP contribution in [-0.4, -0.2) is 21.2 Å². The second-order valence-electron chi connectivity index (χ2n) is 7.65. The number of amides is 1. The van der Waals surface area contributed by atoms with Crippen LogP contribution in [0.5, 0.6) is 0 Å². The van der Waals surface area contributed by atoms with E-state index < -0.39 is 0 Å². The summed E-state index contributed by atoms with van der Waals surface area (Å²) in [5.41, 5.74) is 2.57. The highest BCUT2D eigenvalue weighted by Crippen LogP contribution is 2.33. The number of benzene rings is 1. The van der Waals surface area contributed by atoms with Crippen molar-refractivity contribution in [3.63, 3.8) is 0 Å². The molecule has 0 bridgehead atoms. The van der Waals surface area contributed by atoms with Gasteiger partial charge in [-0.2, -0.15) is 0 Å². The number of hydrogen-bond donors (Lipinski definition) is 1. The van der Waals surface area contributed by atoms with Gasteiger partial charge in [-0.3, -0.25) is 14.2 Å². The zero-order valence-electron chi connectivity index (χ0n) is 15.7. The van der Waals surface area contributed by atoms with Crippen LogP contribution in [0.1, 0.15) is 51.4 Å². The van der Waals surface area contributed by atoms with Crippen LogP contribution in [0.2, 0.25) is 0 Å². The first kappa shape index (κ1) is 18.7. The fourth-order valence-electron chi connectivity index (χ4n) is 2.94. The molecule has 2 heterocycles. The summed E-state index contributed by atoms with van der Waals surface area (Å²) < 4.78 is 1.67. The van der Waals surface area contributed by atoms with E-state index in [2.05, 4.69) is 17.2 Å². The van der Waals surface area contributed by atoms with Crippen molar-refractivity contribution >= 4 is 23.4 Å². The van der Waals surface area contributed by atoms with Crippen molar-refractivity contribution in [2.75, 3.05) is 11.1 Å². The minimum Gasteiger partial charge on any atom is -0.326 e. The predicted octanol–water partition coefficient (Wildman–Crippen LogP) is 3.78. The lowest BCUT2D eigenvalue weighted by Gasteiger charge is -2.19. The Bertz CT molecular complexity index is 866. The van der Waals surface area contributed by atoms with E-state index in [1.54, 1.807) is 22.4 Å². The number of nitrogens with one attached hydrogen (secondary N) is 1. The van der Waals surface area contributed by atoms with Crippen molar-refractivity contribution < 1.29 is 4.79 Å². The molecule has 138 valence electrons. The predicted molar refractivity (Wildman–Crippen MR) is 106 cm³/mol. The number of carbonyl (C=O) groups excluding carboxylic acids is 1. The average Bonchev–Trinajstić information content (AvgIpc) is 2.98. The minimum atomic E-state index is -0.171. The molecule has 26 heavy (non-hydrogen) atoms. The molecule has 1 aromatic carbocycles. The summed E-state index contributed by atoms with van der Waals surface area (Å²) in [5, 5.41) is 3.64. The lowest BCUT2D eigenvalue weighted by atomic mass is 9.92. The van der Waals surface area contributed by atoms with Crippen molar-refractivity contribution in [1.29, 1.82) is 0 Å². The van der Waals surface area contributed by atoms with Gasteiger partial charge in [-0.1, -0.05) is 51.6 Å². The molecule has 0 fully saturated rings. The minimum absolute atomic E-state index is 0.0741. The van der Waals surface area contributed by atoms with Gasteiger partial charge in [-0.15, -0.1) is 0 Å². The molecule has 0 aliphatic carbocycles. The van der Waals surface area contributed by atoms with Crippen LogP contribution < -0.4 is 10.9 Å². The van der Waals surface area contributed by atoms with Crippen LogP contribution in [0.4, 0.5) is 5.69 Å². The number of carbonyl (C=O) groups is 1. The highest BCUT2D eigenvalue weighted by Gasteiger charge is 2.29. The summed E-state index contributed by atoms with van der Waals surface area (Å²) in [5.74, 6) is 0.609.